The molecule has 0 saturated carbocycles. The molecule has 1 aromatic heterocycles. The van der Waals surface area contributed by atoms with E-state index in [9.17, 15) is 15.2 Å². The lowest BCUT2D eigenvalue weighted by molar-refractivity contribution is -0.395. The maximum atomic E-state index is 11.7. The summed E-state index contributed by atoms with van der Waals surface area (Å²) in [6.45, 7) is 18.8. The summed E-state index contributed by atoms with van der Waals surface area (Å²) in [6.07, 6.45) is 0. The Morgan fingerprint density at radius 3 is 1.78 bits per heavy atom. The van der Waals surface area contributed by atoms with E-state index in [0.29, 0.717) is 11.5 Å². The molecule has 1 unspecified atom stereocenters. The van der Waals surface area contributed by atoms with Crippen LogP contribution in [0.3, 0.4) is 0 Å². The van der Waals surface area contributed by atoms with Crippen molar-refractivity contribution < 1.29 is 10.0 Å². The molecule has 1 aromatic rings. The predicted octanol–water partition coefficient (Wildman–Crippen LogP) is 3.93. The zero-order valence-corrected chi connectivity index (χ0v) is 16.1. The third kappa shape index (κ3) is 3.01. The average Bonchev–Trinajstić information content (AvgIpc) is 2.65. The Hall–Kier alpha value is -1.43. The fourth-order valence-corrected chi connectivity index (χ4v) is 2.90. The molecule has 1 rings (SSSR count). The minimum Gasteiger partial charge on any atom is -0.385 e. The van der Waals surface area contributed by atoms with Crippen LogP contribution in [0.15, 0.2) is 0 Å². The Morgan fingerprint density at radius 2 is 1.48 bits per heavy atom. The smallest absolute Gasteiger partial charge is 0.346 e. The highest BCUT2D eigenvalue weighted by atomic mass is 16.6. The number of aryl methyl sites for hydroxylation is 1. The van der Waals surface area contributed by atoms with Gasteiger partial charge < -0.3 is 15.2 Å². The first-order chi connectivity index (χ1) is 9.96. The summed E-state index contributed by atoms with van der Waals surface area (Å²) in [5.74, 6) is 0.556. The van der Waals surface area contributed by atoms with Crippen LogP contribution in [0.1, 0.15) is 73.8 Å². The highest BCUT2D eigenvalue weighted by Crippen LogP contribution is 2.46. The van der Waals surface area contributed by atoms with Crippen molar-refractivity contribution in [2.45, 2.75) is 85.8 Å². The summed E-state index contributed by atoms with van der Waals surface area (Å²) < 4.78 is 1.62. The number of rotatable bonds is 3. The van der Waals surface area contributed by atoms with Crippen LogP contribution in [-0.2, 0) is 11.0 Å². The van der Waals surface area contributed by atoms with E-state index in [4.69, 9.17) is 0 Å². The second kappa shape index (κ2) is 5.30. The summed E-state index contributed by atoms with van der Waals surface area (Å²) in [6, 6.07) is 0. The standard InChI is InChI=1S/C17H31N3O3/c1-11-12(20(22)23)19(13(18-11)14(2,3)4)16(8,9)17(10,21)15(5,6)7/h21H,1-10H3. The molecule has 0 bridgehead atoms. The maximum Gasteiger partial charge on any atom is 0.346 e. The van der Waals surface area contributed by atoms with Crippen molar-refractivity contribution in [3.05, 3.63) is 21.6 Å². The highest BCUT2D eigenvalue weighted by molar-refractivity contribution is 5.35. The largest absolute Gasteiger partial charge is 0.385 e. The van der Waals surface area contributed by atoms with Crippen LogP contribution in [-0.4, -0.2) is 25.2 Å². The Labute approximate surface area is 139 Å². The van der Waals surface area contributed by atoms with Gasteiger partial charge in [-0.3, -0.25) is 0 Å². The normalized spacial score (nSPS) is 16.3. The molecule has 0 saturated heterocycles. The van der Waals surface area contributed by atoms with Gasteiger partial charge in [0, 0.05) is 5.41 Å². The zero-order valence-electron chi connectivity index (χ0n) is 16.1. The van der Waals surface area contributed by atoms with Crippen molar-refractivity contribution >= 4 is 5.82 Å². The molecule has 0 aliphatic heterocycles. The molecule has 6 heteroatoms. The molecule has 0 radical (unpaired) electrons. The number of aliphatic hydroxyl groups is 1. The van der Waals surface area contributed by atoms with Crippen LogP contribution < -0.4 is 0 Å². The topological polar surface area (TPSA) is 81.2 Å². The van der Waals surface area contributed by atoms with Gasteiger partial charge >= 0.3 is 5.82 Å². The number of hydrogen-bond donors (Lipinski definition) is 1. The van der Waals surface area contributed by atoms with Gasteiger partial charge in [0.25, 0.3) is 0 Å². The van der Waals surface area contributed by atoms with Gasteiger partial charge in [0.1, 0.15) is 16.8 Å². The van der Waals surface area contributed by atoms with Crippen molar-refractivity contribution in [1.29, 1.82) is 0 Å². The number of nitrogens with zero attached hydrogens (tertiary/aromatic N) is 3. The van der Waals surface area contributed by atoms with E-state index >= 15 is 0 Å². The summed E-state index contributed by atoms with van der Waals surface area (Å²) in [7, 11) is 0. The fraction of sp³-hybridized carbons (Fsp3) is 0.824. The first kappa shape index (κ1) is 19.6. The minimum absolute atomic E-state index is 0.0514. The van der Waals surface area contributed by atoms with E-state index in [2.05, 4.69) is 4.98 Å². The van der Waals surface area contributed by atoms with E-state index in [1.165, 1.54) is 0 Å². The second-order valence-corrected chi connectivity index (χ2v) is 9.07. The lowest BCUT2D eigenvalue weighted by Gasteiger charge is -2.47. The predicted molar refractivity (Wildman–Crippen MR) is 91.7 cm³/mol. The molecule has 132 valence electrons. The molecule has 0 aromatic carbocycles. The van der Waals surface area contributed by atoms with Crippen LogP contribution in [0.5, 0.6) is 0 Å². The first-order valence-electron chi connectivity index (χ1n) is 7.93. The molecule has 1 heterocycles. The van der Waals surface area contributed by atoms with E-state index in [1.54, 1.807) is 18.4 Å². The summed E-state index contributed by atoms with van der Waals surface area (Å²) in [5, 5.41) is 22.9. The zero-order chi connectivity index (χ0) is 18.6. The molecule has 1 N–H and O–H groups in total. The average molecular weight is 325 g/mol. The quantitative estimate of drug-likeness (QED) is 0.674. The highest BCUT2D eigenvalue weighted by Gasteiger charge is 2.55. The van der Waals surface area contributed by atoms with Crippen LogP contribution in [0, 0.1) is 22.5 Å². The van der Waals surface area contributed by atoms with Gasteiger partial charge in [-0.2, -0.15) is 0 Å². The summed E-state index contributed by atoms with van der Waals surface area (Å²) in [5.41, 5.74) is -2.60. The number of aromatic nitrogens is 2. The molecule has 0 amide bonds. The number of nitro groups is 1. The molecule has 6 nitrogen and oxygen atoms in total. The van der Waals surface area contributed by atoms with Gasteiger partial charge in [-0.05, 0) is 38.0 Å². The van der Waals surface area contributed by atoms with Crippen LogP contribution in [0.2, 0.25) is 0 Å². The van der Waals surface area contributed by atoms with Crippen molar-refractivity contribution in [2.75, 3.05) is 0 Å². The Bertz CT molecular complexity index is 614. The summed E-state index contributed by atoms with van der Waals surface area (Å²) in [4.78, 5) is 15.7. The van der Waals surface area contributed by atoms with Crippen LogP contribution in [0.25, 0.3) is 0 Å². The Kier molecular flexibility index (Phi) is 4.52. The van der Waals surface area contributed by atoms with Gasteiger partial charge in [-0.15, -0.1) is 0 Å². The molecule has 0 fully saturated rings. The lowest BCUT2D eigenvalue weighted by atomic mass is 9.67. The van der Waals surface area contributed by atoms with Crippen molar-refractivity contribution in [3.8, 4) is 0 Å². The van der Waals surface area contributed by atoms with Crippen molar-refractivity contribution in [2.24, 2.45) is 5.41 Å². The monoisotopic (exact) mass is 325 g/mol. The first-order valence-corrected chi connectivity index (χ1v) is 7.93. The molecule has 0 spiro atoms. The number of imidazole rings is 1. The van der Waals surface area contributed by atoms with Crippen molar-refractivity contribution in [1.82, 2.24) is 9.55 Å². The van der Waals surface area contributed by atoms with E-state index in [1.807, 2.05) is 55.4 Å². The van der Waals surface area contributed by atoms with Gasteiger partial charge in [-0.25, -0.2) is 9.55 Å². The van der Waals surface area contributed by atoms with Gasteiger partial charge in [-0.1, -0.05) is 41.5 Å². The minimum atomic E-state index is -1.20. The Morgan fingerprint density at radius 1 is 1.04 bits per heavy atom. The molecular weight excluding hydrogens is 294 g/mol. The maximum absolute atomic E-state index is 11.7. The third-order valence-corrected chi connectivity index (χ3v) is 5.08. The van der Waals surface area contributed by atoms with Crippen LogP contribution in [0.4, 0.5) is 5.82 Å². The van der Waals surface area contributed by atoms with Gasteiger partial charge in [0.05, 0.1) is 0 Å². The summed E-state index contributed by atoms with van der Waals surface area (Å²) >= 11 is 0. The SMILES string of the molecule is Cc1nc(C(C)(C)C)n(C(C)(C)C(C)(O)C(C)(C)C)c1[N+](=O)[O-]. The van der Waals surface area contributed by atoms with E-state index in [-0.39, 0.29) is 11.2 Å². The molecule has 0 aliphatic rings. The van der Waals surface area contributed by atoms with Gasteiger partial charge in [0.15, 0.2) is 0 Å². The molecule has 1 atom stereocenters. The van der Waals surface area contributed by atoms with E-state index in [0.717, 1.165) is 0 Å². The van der Waals surface area contributed by atoms with Gasteiger partial charge in [0.2, 0.25) is 5.82 Å². The Balaban J connectivity index is 3.86. The number of hydrogen-bond acceptors (Lipinski definition) is 4. The second-order valence-electron chi connectivity index (χ2n) is 9.07. The molecule has 23 heavy (non-hydrogen) atoms. The fourth-order valence-electron chi connectivity index (χ4n) is 2.90. The van der Waals surface area contributed by atoms with Crippen molar-refractivity contribution in [3.63, 3.8) is 0 Å². The third-order valence-electron chi connectivity index (χ3n) is 5.08. The molecule has 0 aliphatic carbocycles. The lowest BCUT2D eigenvalue weighted by Crippen LogP contribution is -2.58. The van der Waals surface area contributed by atoms with Crippen LogP contribution >= 0.6 is 0 Å². The van der Waals surface area contributed by atoms with E-state index < -0.39 is 21.5 Å². The molecular formula is C17H31N3O3.